The van der Waals surface area contributed by atoms with Crippen LogP contribution in [0.3, 0.4) is 0 Å². The molecule has 114 valence electrons. The summed E-state index contributed by atoms with van der Waals surface area (Å²) in [5, 5.41) is 7.80. The number of aryl methyl sites for hydroxylation is 2. The molecule has 1 aromatic heterocycles. The molecule has 0 amide bonds. The number of aromatic nitrogens is 2. The average molecular weight is 287 g/mol. The number of ether oxygens (including phenoxy) is 1. The highest BCUT2D eigenvalue weighted by molar-refractivity contribution is 5.36. The van der Waals surface area contributed by atoms with Gasteiger partial charge in [0, 0.05) is 30.5 Å². The van der Waals surface area contributed by atoms with Crippen LogP contribution in [0.5, 0.6) is 5.75 Å². The molecule has 1 atom stereocenters. The van der Waals surface area contributed by atoms with Crippen molar-refractivity contribution in [3.8, 4) is 5.75 Å². The summed E-state index contributed by atoms with van der Waals surface area (Å²) in [5.74, 6) is 0.982. The summed E-state index contributed by atoms with van der Waals surface area (Å²) in [6.45, 7) is 5.79. The number of nitrogens with one attached hydrogen (secondary N) is 1. The number of rotatable bonds is 8. The molecule has 2 rings (SSSR count). The molecule has 0 aliphatic heterocycles. The largest absolute Gasteiger partial charge is 0.494 e. The number of hydrogen-bond donors (Lipinski definition) is 1. The van der Waals surface area contributed by atoms with Gasteiger partial charge in [-0.1, -0.05) is 25.1 Å². The predicted octanol–water partition coefficient (Wildman–Crippen LogP) is 3.10. The first kappa shape index (κ1) is 15.6. The molecule has 0 aliphatic rings. The van der Waals surface area contributed by atoms with Crippen LogP contribution in [0.1, 0.15) is 37.6 Å². The number of hydrogen-bond acceptors (Lipinski definition) is 3. The van der Waals surface area contributed by atoms with E-state index in [0.29, 0.717) is 12.6 Å². The van der Waals surface area contributed by atoms with Gasteiger partial charge in [0.25, 0.3) is 0 Å². The second-order valence-electron chi connectivity index (χ2n) is 5.07. The fourth-order valence-electron chi connectivity index (χ4n) is 2.61. The first-order valence-electron chi connectivity index (χ1n) is 7.68. The minimum Gasteiger partial charge on any atom is -0.494 e. The zero-order chi connectivity index (χ0) is 15.1. The maximum atomic E-state index is 5.77. The van der Waals surface area contributed by atoms with Gasteiger partial charge in [-0.3, -0.25) is 4.68 Å². The van der Waals surface area contributed by atoms with Gasteiger partial charge in [-0.05, 0) is 38.4 Å². The van der Waals surface area contributed by atoms with E-state index in [1.165, 1.54) is 11.3 Å². The summed E-state index contributed by atoms with van der Waals surface area (Å²) >= 11 is 0. The fourth-order valence-corrected chi connectivity index (χ4v) is 2.61. The minimum atomic E-state index is 0.299. The van der Waals surface area contributed by atoms with E-state index in [-0.39, 0.29) is 0 Å². The van der Waals surface area contributed by atoms with Crippen LogP contribution < -0.4 is 10.1 Å². The van der Waals surface area contributed by atoms with E-state index in [1.807, 2.05) is 37.0 Å². The normalized spacial score (nSPS) is 12.3. The Morgan fingerprint density at radius 2 is 2.05 bits per heavy atom. The molecule has 0 spiro atoms. The van der Waals surface area contributed by atoms with Crippen molar-refractivity contribution in [2.75, 3.05) is 13.2 Å². The van der Waals surface area contributed by atoms with Crippen molar-refractivity contribution in [1.82, 2.24) is 15.1 Å². The first-order chi connectivity index (χ1) is 10.3. The molecule has 1 heterocycles. The molecule has 0 bridgehead atoms. The van der Waals surface area contributed by atoms with E-state index in [1.54, 1.807) is 0 Å². The fraction of sp³-hybridized carbons (Fsp3) is 0.471. The second kappa shape index (κ2) is 7.84. The molecule has 21 heavy (non-hydrogen) atoms. The maximum absolute atomic E-state index is 5.77. The molecule has 1 N–H and O–H groups in total. The minimum absolute atomic E-state index is 0.299. The molecule has 0 radical (unpaired) electrons. The number of benzene rings is 1. The summed E-state index contributed by atoms with van der Waals surface area (Å²) in [5.41, 5.74) is 2.50. The van der Waals surface area contributed by atoms with Crippen LogP contribution in [0.4, 0.5) is 0 Å². The molecule has 4 heteroatoms. The molecule has 0 aliphatic carbocycles. The lowest BCUT2D eigenvalue weighted by Crippen LogP contribution is -2.22. The quantitative estimate of drug-likeness (QED) is 0.811. The smallest absolute Gasteiger partial charge is 0.124 e. The third kappa shape index (κ3) is 4.08. The van der Waals surface area contributed by atoms with Gasteiger partial charge in [0.05, 0.1) is 6.61 Å². The highest BCUT2D eigenvalue weighted by Gasteiger charge is 2.15. The van der Waals surface area contributed by atoms with Crippen LogP contribution in [0.2, 0.25) is 0 Å². The standard InChI is InChI=1S/C17H25N3O/c1-4-18-16(11-10-14-12-13-19-20(14)3)15-8-6-7-9-17(15)21-5-2/h6-9,12-13,16,18H,4-5,10-11H2,1-3H3. The van der Waals surface area contributed by atoms with Crippen LogP contribution in [-0.4, -0.2) is 22.9 Å². The van der Waals surface area contributed by atoms with Gasteiger partial charge in [0.2, 0.25) is 0 Å². The first-order valence-corrected chi connectivity index (χ1v) is 7.68. The predicted molar refractivity (Wildman–Crippen MR) is 85.6 cm³/mol. The molecule has 4 nitrogen and oxygen atoms in total. The molecule has 0 fully saturated rings. The van der Waals surface area contributed by atoms with Gasteiger partial charge in [-0.25, -0.2) is 0 Å². The van der Waals surface area contributed by atoms with Gasteiger partial charge in [-0.15, -0.1) is 0 Å². The van der Waals surface area contributed by atoms with Crippen LogP contribution >= 0.6 is 0 Å². The van der Waals surface area contributed by atoms with Crippen LogP contribution in [0, 0.1) is 0 Å². The van der Waals surface area contributed by atoms with E-state index in [9.17, 15) is 0 Å². The highest BCUT2D eigenvalue weighted by atomic mass is 16.5. The molecule has 2 aromatic rings. The Bertz CT molecular complexity index is 550. The SMILES string of the molecule is CCNC(CCc1ccnn1C)c1ccccc1OCC. The van der Waals surface area contributed by atoms with Crippen molar-refractivity contribution < 1.29 is 4.74 Å². The summed E-state index contributed by atoms with van der Waals surface area (Å²) in [6, 6.07) is 10.7. The Morgan fingerprint density at radius 1 is 1.24 bits per heavy atom. The van der Waals surface area contributed by atoms with E-state index in [0.717, 1.165) is 25.1 Å². The molecular weight excluding hydrogens is 262 g/mol. The van der Waals surface area contributed by atoms with Gasteiger partial charge in [0.1, 0.15) is 5.75 Å². The third-order valence-corrected chi connectivity index (χ3v) is 3.66. The van der Waals surface area contributed by atoms with Crippen LogP contribution in [-0.2, 0) is 13.5 Å². The van der Waals surface area contributed by atoms with Crippen molar-refractivity contribution in [2.24, 2.45) is 7.05 Å². The van der Waals surface area contributed by atoms with Crippen molar-refractivity contribution in [3.63, 3.8) is 0 Å². The van der Waals surface area contributed by atoms with Crippen LogP contribution in [0.15, 0.2) is 36.5 Å². The van der Waals surface area contributed by atoms with Gasteiger partial charge < -0.3 is 10.1 Å². The average Bonchev–Trinajstić information content (AvgIpc) is 2.90. The topological polar surface area (TPSA) is 39.1 Å². The summed E-state index contributed by atoms with van der Waals surface area (Å²) in [4.78, 5) is 0. The lowest BCUT2D eigenvalue weighted by Gasteiger charge is -2.21. The second-order valence-corrected chi connectivity index (χ2v) is 5.07. The van der Waals surface area contributed by atoms with E-state index in [2.05, 4.69) is 35.5 Å². The summed E-state index contributed by atoms with van der Waals surface area (Å²) in [7, 11) is 1.99. The Labute approximate surface area is 127 Å². The monoisotopic (exact) mass is 287 g/mol. The third-order valence-electron chi connectivity index (χ3n) is 3.66. The van der Waals surface area contributed by atoms with Gasteiger partial charge in [-0.2, -0.15) is 5.10 Å². The van der Waals surface area contributed by atoms with E-state index >= 15 is 0 Å². The highest BCUT2D eigenvalue weighted by Crippen LogP contribution is 2.28. The zero-order valence-electron chi connectivity index (χ0n) is 13.2. The molecule has 1 aromatic carbocycles. The molecular formula is C17H25N3O. The van der Waals surface area contributed by atoms with Crippen molar-refractivity contribution in [3.05, 3.63) is 47.8 Å². The zero-order valence-corrected chi connectivity index (χ0v) is 13.2. The Balaban J connectivity index is 2.13. The van der Waals surface area contributed by atoms with Gasteiger partial charge >= 0.3 is 0 Å². The number of nitrogens with zero attached hydrogens (tertiary/aromatic N) is 2. The Hall–Kier alpha value is -1.81. The van der Waals surface area contributed by atoms with Crippen molar-refractivity contribution >= 4 is 0 Å². The molecule has 0 saturated carbocycles. The Morgan fingerprint density at radius 3 is 2.71 bits per heavy atom. The van der Waals surface area contributed by atoms with Crippen LogP contribution in [0.25, 0.3) is 0 Å². The molecule has 1 unspecified atom stereocenters. The van der Waals surface area contributed by atoms with E-state index < -0.39 is 0 Å². The summed E-state index contributed by atoms with van der Waals surface area (Å²) in [6.07, 6.45) is 3.87. The van der Waals surface area contributed by atoms with Crippen molar-refractivity contribution in [2.45, 2.75) is 32.7 Å². The maximum Gasteiger partial charge on any atom is 0.124 e. The lowest BCUT2D eigenvalue weighted by atomic mass is 10.00. The summed E-state index contributed by atoms with van der Waals surface area (Å²) < 4.78 is 7.71. The van der Waals surface area contributed by atoms with E-state index in [4.69, 9.17) is 4.74 Å². The van der Waals surface area contributed by atoms with Gasteiger partial charge in [0.15, 0.2) is 0 Å². The molecule has 0 saturated heterocycles. The lowest BCUT2D eigenvalue weighted by molar-refractivity contribution is 0.330. The van der Waals surface area contributed by atoms with Crippen molar-refractivity contribution in [1.29, 1.82) is 0 Å². The Kier molecular flexibility index (Phi) is 5.81. The number of para-hydroxylation sites is 1.